The van der Waals surface area contributed by atoms with Crippen LogP contribution in [0.5, 0.6) is 0 Å². The number of esters is 1. The molecule has 0 aromatic heterocycles. The van der Waals surface area contributed by atoms with Crippen LogP contribution in [0.25, 0.3) is 11.1 Å². The van der Waals surface area contributed by atoms with Gasteiger partial charge in [0, 0.05) is 24.9 Å². The van der Waals surface area contributed by atoms with E-state index in [9.17, 15) is 14.4 Å². The van der Waals surface area contributed by atoms with Crippen molar-refractivity contribution in [3.05, 3.63) is 60.2 Å². The number of nitrogens with one attached hydrogen (secondary N) is 1. The molecule has 168 valence electrons. The third-order valence-corrected chi connectivity index (χ3v) is 6.70. The third-order valence-electron chi connectivity index (χ3n) is 6.70. The zero-order chi connectivity index (χ0) is 22.6. The van der Waals surface area contributed by atoms with Crippen molar-refractivity contribution >= 4 is 17.8 Å². The predicted octanol–water partition coefficient (Wildman–Crippen LogP) is 3.49. The molecule has 2 amide bonds. The van der Waals surface area contributed by atoms with Crippen molar-refractivity contribution in [1.29, 1.82) is 0 Å². The Labute approximate surface area is 188 Å². The highest BCUT2D eigenvalue weighted by Crippen LogP contribution is 2.31. The molecule has 2 aromatic rings. The second-order valence-corrected chi connectivity index (χ2v) is 8.84. The molecule has 2 aromatic carbocycles. The molecule has 4 rings (SSSR count). The summed E-state index contributed by atoms with van der Waals surface area (Å²) >= 11 is 0. The Morgan fingerprint density at radius 3 is 2.47 bits per heavy atom. The van der Waals surface area contributed by atoms with Gasteiger partial charge in [0.2, 0.25) is 11.8 Å². The molecule has 0 radical (unpaired) electrons. The molecule has 0 spiro atoms. The number of likely N-dealkylation sites (tertiary alicyclic amines) is 1. The van der Waals surface area contributed by atoms with Crippen LogP contribution in [0, 0.1) is 0 Å². The summed E-state index contributed by atoms with van der Waals surface area (Å²) in [5, 5.41) is 3.15. The number of benzene rings is 2. The topological polar surface area (TPSA) is 75.7 Å². The van der Waals surface area contributed by atoms with Crippen LogP contribution in [0.2, 0.25) is 0 Å². The summed E-state index contributed by atoms with van der Waals surface area (Å²) in [6.07, 6.45) is 4.18. The summed E-state index contributed by atoms with van der Waals surface area (Å²) in [5.74, 6) is -0.358. The third kappa shape index (κ3) is 4.85. The highest BCUT2D eigenvalue weighted by molar-refractivity contribution is 5.85. The van der Waals surface area contributed by atoms with Crippen molar-refractivity contribution < 1.29 is 19.1 Å². The second kappa shape index (κ2) is 9.55. The summed E-state index contributed by atoms with van der Waals surface area (Å²) < 4.78 is 4.86. The van der Waals surface area contributed by atoms with E-state index < -0.39 is 11.6 Å². The summed E-state index contributed by atoms with van der Waals surface area (Å²) in [7, 11) is 1.36. The Hall–Kier alpha value is -3.15. The molecule has 0 saturated carbocycles. The quantitative estimate of drug-likeness (QED) is 0.677. The van der Waals surface area contributed by atoms with Gasteiger partial charge in [0.25, 0.3) is 0 Å². The maximum atomic E-state index is 12.9. The number of methoxy groups -OCH3 is 1. The fourth-order valence-corrected chi connectivity index (χ4v) is 4.95. The number of nitrogens with zero attached hydrogens (tertiary/aromatic N) is 1. The lowest BCUT2D eigenvalue weighted by Crippen LogP contribution is -2.46. The molecule has 1 unspecified atom stereocenters. The lowest BCUT2D eigenvalue weighted by Gasteiger charge is -2.31. The molecule has 2 atom stereocenters. The maximum Gasteiger partial charge on any atom is 0.328 e. The Morgan fingerprint density at radius 2 is 1.81 bits per heavy atom. The zero-order valence-electron chi connectivity index (χ0n) is 18.5. The Kier molecular flexibility index (Phi) is 6.58. The smallest absolute Gasteiger partial charge is 0.328 e. The van der Waals surface area contributed by atoms with E-state index in [2.05, 4.69) is 41.7 Å². The van der Waals surface area contributed by atoms with Crippen LogP contribution in [0.4, 0.5) is 0 Å². The van der Waals surface area contributed by atoms with Crippen molar-refractivity contribution in [1.82, 2.24) is 10.2 Å². The molecular formula is C26H30N2O4. The fraction of sp³-hybridized carbons (Fsp3) is 0.423. The molecule has 1 N–H and O–H groups in total. The van der Waals surface area contributed by atoms with Gasteiger partial charge in [0.15, 0.2) is 0 Å². The first kappa shape index (κ1) is 22.1. The van der Waals surface area contributed by atoms with Crippen LogP contribution in [0.3, 0.4) is 0 Å². The van der Waals surface area contributed by atoms with Crippen molar-refractivity contribution in [3.63, 3.8) is 0 Å². The molecule has 2 saturated heterocycles. The van der Waals surface area contributed by atoms with Crippen LogP contribution in [0.15, 0.2) is 54.6 Å². The van der Waals surface area contributed by atoms with E-state index in [0.29, 0.717) is 45.1 Å². The first-order valence-electron chi connectivity index (χ1n) is 11.3. The van der Waals surface area contributed by atoms with Gasteiger partial charge in [-0.1, -0.05) is 54.6 Å². The maximum absolute atomic E-state index is 12.9. The largest absolute Gasteiger partial charge is 0.467 e. The molecule has 6 heteroatoms. The van der Waals surface area contributed by atoms with E-state index in [0.717, 1.165) is 17.5 Å². The molecular weight excluding hydrogens is 404 g/mol. The highest BCUT2D eigenvalue weighted by atomic mass is 16.5. The van der Waals surface area contributed by atoms with Gasteiger partial charge in [0.05, 0.1) is 7.11 Å². The van der Waals surface area contributed by atoms with E-state index >= 15 is 0 Å². The van der Waals surface area contributed by atoms with Crippen LogP contribution in [-0.2, 0) is 25.5 Å². The summed E-state index contributed by atoms with van der Waals surface area (Å²) in [4.78, 5) is 38.7. The minimum atomic E-state index is -0.479. The van der Waals surface area contributed by atoms with Crippen molar-refractivity contribution in [2.24, 2.45) is 0 Å². The number of carbonyl (C=O) groups is 3. The zero-order valence-corrected chi connectivity index (χ0v) is 18.5. The molecule has 2 aliphatic rings. The normalized spacial score (nSPS) is 22.6. The summed E-state index contributed by atoms with van der Waals surface area (Å²) in [5.41, 5.74) is 3.02. The lowest BCUT2D eigenvalue weighted by atomic mass is 9.84. The van der Waals surface area contributed by atoms with E-state index in [4.69, 9.17) is 4.74 Å². The number of ether oxygens (including phenoxy) is 1. The van der Waals surface area contributed by atoms with Crippen LogP contribution in [0.1, 0.15) is 44.1 Å². The van der Waals surface area contributed by atoms with Gasteiger partial charge in [-0.15, -0.1) is 0 Å². The van der Waals surface area contributed by atoms with Gasteiger partial charge in [-0.05, 0) is 48.8 Å². The molecule has 6 nitrogen and oxygen atoms in total. The number of hydrogen-bond donors (Lipinski definition) is 1. The summed E-state index contributed by atoms with van der Waals surface area (Å²) in [6.45, 7) is 0.582. The van der Waals surface area contributed by atoms with Crippen molar-refractivity contribution in [2.75, 3.05) is 13.7 Å². The van der Waals surface area contributed by atoms with E-state index in [1.807, 2.05) is 18.2 Å². The number of rotatable bonds is 7. The van der Waals surface area contributed by atoms with Gasteiger partial charge in [0.1, 0.15) is 6.04 Å². The standard InChI is InChI=1S/C26H30N2O4/c1-32-25(31)22-8-5-17-28(22)24(30)14-16-26(15-13-23(29)27-26)18-19-9-11-21(12-10-19)20-6-3-2-4-7-20/h2-4,6-7,9-12,22H,5,8,13-18H2,1H3,(H,27,29)/t22-,26?/m0/s1. The number of carbonyl (C=O) groups excluding carboxylic acids is 3. The van der Waals surface area contributed by atoms with Gasteiger partial charge >= 0.3 is 5.97 Å². The van der Waals surface area contributed by atoms with Gasteiger partial charge in [-0.3, -0.25) is 9.59 Å². The Balaban J connectivity index is 1.43. The fourth-order valence-electron chi connectivity index (χ4n) is 4.95. The molecule has 32 heavy (non-hydrogen) atoms. The Morgan fingerprint density at radius 1 is 1.09 bits per heavy atom. The number of amides is 2. The molecule has 2 fully saturated rings. The Bertz CT molecular complexity index is 973. The molecule has 0 bridgehead atoms. The number of hydrogen-bond acceptors (Lipinski definition) is 4. The predicted molar refractivity (Wildman–Crippen MR) is 122 cm³/mol. The second-order valence-electron chi connectivity index (χ2n) is 8.84. The lowest BCUT2D eigenvalue weighted by molar-refractivity contribution is -0.151. The van der Waals surface area contributed by atoms with E-state index in [1.54, 1.807) is 4.90 Å². The van der Waals surface area contributed by atoms with Gasteiger partial charge in [-0.2, -0.15) is 0 Å². The first-order valence-corrected chi connectivity index (χ1v) is 11.3. The minimum absolute atomic E-state index is 0.0342. The van der Waals surface area contributed by atoms with E-state index in [1.165, 1.54) is 12.7 Å². The van der Waals surface area contributed by atoms with Crippen LogP contribution >= 0.6 is 0 Å². The molecule has 2 aliphatic heterocycles. The van der Waals surface area contributed by atoms with Gasteiger partial charge < -0.3 is 15.0 Å². The molecule has 2 heterocycles. The van der Waals surface area contributed by atoms with Crippen LogP contribution in [-0.4, -0.2) is 47.9 Å². The highest BCUT2D eigenvalue weighted by Gasteiger charge is 2.40. The first-order chi connectivity index (χ1) is 15.5. The molecule has 0 aliphatic carbocycles. The van der Waals surface area contributed by atoms with Crippen molar-refractivity contribution in [3.8, 4) is 11.1 Å². The minimum Gasteiger partial charge on any atom is -0.467 e. The average molecular weight is 435 g/mol. The van der Waals surface area contributed by atoms with Crippen LogP contribution < -0.4 is 5.32 Å². The van der Waals surface area contributed by atoms with E-state index in [-0.39, 0.29) is 17.8 Å². The average Bonchev–Trinajstić information content (AvgIpc) is 3.45. The monoisotopic (exact) mass is 434 g/mol. The van der Waals surface area contributed by atoms with Gasteiger partial charge in [-0.25, -0.2) is 4.79 Å². The summed E-state index contributed by atoms with van der Waals surface area (Å²) in [6, 6.07) is 18.1. The SMILES string of the molecule is COC(=O)[C@@H]1CCCN1C(=O)CCC1(Cc2ccc(-c3ccccc3)cc2)CCC(=O)N1. The van der Waals surface area contributed by atoms with Crippen molar-refractivity contribution in [2.45, 2.75) is 56.5 Å².